The second kappa shape index (κ2) is 8.94. The summed E-state index contributed by atoms with van der Waals surface area (Å²) in [5.41, 5.74) is -0.725. The van der Waals surface area contributed by atoms with Crippen LogP contribution in [-0.4, -0.2) is 41.8 Å². The predicted octanol–water partition coefficient (Wildman–Crippen LogP) is 3.42. The van der Waals surface area contributed by atoms with Crippen molar-refractivity contribution in [2.75, 3.05) is 19.6 Å². The normalized spacial score (nSPS) is 11.9. The van der Waals surface area contributed by atoms with Crippen molar-refractivity contribution >= 4 is 6.09 Å². The SMILES string of the molecule is C#CCCCCNCCN(C(=O)OC(C)(C)C)C(C)(C)C. The maximum absolute atomic E-state index is 12.3. The molecule has 0 unspecified atom stereocenters. The second-order valence-corrected chi connectivity index (χ2v) is 7.21. The van der Waals surface area contributed by atoms with Crippen LogP contribution in [-0.2, 0) is 4.74 Å². The second-order valence-electron chi connectivity index (χ2n) is 7.21. The number of nitrogens with zero attached hydrogens (tertiary/aromatic N) is 1. The number of rotatable bonds is 7. The van der Waals surface area contributed by atoms with Crippen LogP contribution in [0.1, 0.15) is 60.8 Å². The van der Waals surface area contributed by atoms with Gasteiger partial charge in [-0.3, -0.25) is 0 Å². The summed E-state index contributed by atoms with van der Waals surface area (Å²) in [6, 6.07) is 0. The van der Waals surface area contributed by atoms with E-state index in [1.807, 2.05) is 41.5 Å². The van der Waals surface area contributed by atoms with E-state index in [1.54, 1.807) is 4.90 Å². The highest BCUT2D eigenvalue weighted by atomic mass is 16.6. The van der Waals surface area contributed by atoms with Gasteiger partial charge in [-0.15, -0.1) is 12.3 Å². The molecule has 0 rings (SSSR count). The van der Waals surface area contributed by atoms with E-state index in [4.69, 9.17) is 11.2 Å². The summed E-state index contributed by atoms with van der Waals surface area (Å²) in [7, 11) is 0. The summed E-state index contributed by atoms with van der Waals surface area (Å²) < 4.78 is 5.47. The summed E-state index contributed by atoms with van der Waals surface area (Å²) in [4.78, 5) is 14.0. The van der Waals surface area contributed by atoms with Gasteiger partial charge in [-0.2, -0.15) is 0 Å². The molecule has 0 heterocycles. The predicted molar refractivity (Wildman–Crippen MR) is 88.2 cm³/mol. The standard InChI is InChI=1S/C17H32N2O2/c1-8-9-10-11-12-18-13-14-19(16(2,3)4)15(20)21-17(5,6)7/h1,18H,9-14H2,2-7H3. The summed E-state index contributed by atoms with van der Waals surface area (Å²) in [6.45, 7) is 14.0. The fraction of sp³-hybridized carbons (Fsp3) is 0.824. The minimum Gasteiger partial charge on any atom is -0.444 e. The lowest BCUT2D eigenvalue weighted by atomic mass is 10.1. The van der Waals surface area contributed by atoms with E-state index in [-0.39, 0.29) is 11.6 Å². The zero-order valence-corrected chi connectivity index (χ0v) is 14.6. The maximum Gasteiger partial charge on any atom is 0.410 e. The van der Waals surface area contributed by atoms with Crippen LogP contribution >= 0.6 is 0 Å². The first-order valence-corrected chi connectivity index (χ1v) is 7.73. The highest BCUT2D eigenvalue weighted by Crippen LogP contribution is 2.17. The fourth-order valence-electron chi connectivity index (χ4n) is 1.81. The summed E-state index contributed by atoms with van der Waals surface area (Å²) >= 11 is 0. The van der Waals surface area contributed by atoms with Crippen LogP contribution in [0, 0.1) is 12.3 Å². The molecule has 0 aliphatic carbocycles. The average molecular weight is 296 g/mol. The van der Waals surface area contributed by atoms with Gasteiger partial charge in [0.25, 0.3) is 0 Å². The topological polar surface area (TPSA) is 41.6 Å². The van der Waals surface area contributed by atoms with Crippen LogP contribution in [0.15, 0.2) is 0 Å². The van der Waals surface area contributed by atoms with Crippen LogP contribution in [0.4, 0.5) is 4.79 Å². The molecule has 0 aliphatic heterocycles. The van der Waals surface area contributed by atoms with E-state index in [1.165, 1.54) is 0 Å². The molecule has 0 radical (unpaired) electrons. The smallest absolute Gasteiger partial charge is 0.410 e. The van der Waals surface area contributed by atoms with Crippen molar-refractivity contribution in [3.05, 3.63) is 0 Å². The molecule has 21 heavy (non-hydrogen) atoms. The molecule has 0 saturated carbocycles. The molecule has 0 atom stereocenters. The first-order valence-electron chi connectivity index (χ1n) is 7.73. The number of amides is 1. The fourth-order valence-corrected chi connectivity index (χ4v) is 1.81. The highest BCUT2D eigenvalue weighted by Gasteiger charge is 2.30. The Hall–Kier alpha value is -1.21. The first-order chi connectivity index (χ1) is 9.58. The number of hydrogen-bond acceptors (Lipinski definition) is 3. The Morgan fingerprint density at radius 2 is 1.76 bits per heavy atom. The lowest BCUT2D eigenvalue weighted by Gasteiger charge is -2.36. The molecule has 0 spiro atoms. The Bertz CT molecular complexity index is 345. The van der Waals surface area contributed by atoms with E-state index in [2.05, 4.69) is 11.2 Å². The van der Waals surface area contributed by atoms with Crippen molar-refractivity contribution in [1.29, 1.82) is 0 Å². The Morgan fingerprint density at radius 3 is 2.24 bits per heavy atom. The van der Waals surface area contributed by atoms with Crippen LogP contribution in [0.2, 0.25) is 0 Å². The van der Waals surface area contributed by atoms with Crippen LogP contribution in [0.3, 0.4) is 0 Å². The van der Waals surface area contributed by atoms with Gasteiger partial charge in [0.05, 0.1) is 0 Å². The molecule has 4 nitrogen and oxygen atoms in total. The molecule has 0 aliphatic rings. The third kappa shape index (κ3) is 10.2. The van der Waals surface area contributed by atoms with Crippen molar-refractivity contribution in [3.8, 4) is 12.3 Å². The van der Waals surface area contributed by atoms with E-state index >= 15 is 0 Å². The van der Waals surface area contributed by atoms with Crippen molar-refractivity contribution in [2.45, 2.75) is 71.9 Å². The number of unbranched alkanes of at least 4 members (excludes halogenated alkanes) is 2. The van der Waals surface area contributed by atoms with E-state index in [0.717, 1.165) is 32.4 Å². The highest BCUT2D eigenvalue weighted by molar-refractivity contribution is 5.69. The zero-order chi connectivity index (χ0) is 16.5. The van der Waals surface area contributed by atoms with E-state index in [9.17, 15) is 4.79 Å². The van der Waals surface area contributed by atoms with Gasteiger partial charge in [0, 0.05) is 25.0 Å². The number of carbonyl (C=O) groups excluding carboxylic acids is 1. The minimum absolute atomic E-state index is 0.256. The lowest BCUT2D eigenvalue weighted by Crippen LogP contribution is -2.50. The molecule has 0 aromatic heterocycles. The van der Waals surface area contributed by atoms with Gasteiger partial charge >= 0.3 is 6.09 Å². The van der Waals surface area contributed by atoms with Crippen LogP contribution in [0.5, 0.6) is 0 Å². The number of nitrogens with one attached hydrogen (secondary N) is 1. The lowest BCUT2D eigenvalue weighted by molar-refractivity contribution is 0.00666. The maximum atomic E-state index is 12.3. The zero-order valence-electron chi connectivity index (χ0n) is 14.6. The van der Waals surface area contributed by atoms with Crippen molar-refractivity contribution < 1.29 is 9.53 Å². The van der Waals surface area contributed by atoms with Gasteiger partial charge in [0.1, 0.15) is 5.60 Å². The average Bonchev–Trinajstić information content (AvgIpc) is 2.28. The Labute approximate surface area is 130 Å². The minimum atomic E-state index is -0.469. The van der Waals surface area contributed by atoms with Gasteiger partial charge in [-0.1, -0.05) is 0 Å². The van der Waals surface area contributed by atoms with Crippen molar-refractivity contribution in [2.24, 2.45) is 0 Å². The van der Waals surface area contributed by atoms with Gasteiger partial charge in [0.2, 0.25) is 0 Å². The Kier molecular flexibility index (Phi) is 8.43. The number of hydrogen-bond donors (Lipinski definition) is 1. The van der Waals surface area contributed by atoms with Gasteiger partial charge in [-0.25, -0.2) is 4.79 Å². The van der Waals surface area contributed by atoms with Gasteiger partial charge < -0.3 is 15.0 Å². The van der Waals surface area contributed by atoms with E-state index in [0.29, 0.717) is 6.54 Å². The number of ether oxygens (including phenoxy) is 1. The molecule has 0 aromatic rings. The quantitative estimate of drug-likeness (QED) is 0.578. The molecule has 1 amide bonds. The summed E-state index contributed by atoms with van der Waals surface area (Å²) in [5.74, 6) is 2.64. The molecule has 1 N–H and O–H groups in total. The largest absolute Gasteiger partial charge is 0.444 e. The molecule has 4 heteroatoms. The number of carbonyl (C=O) groups is 1. The van der Waals surface area contributed by atoms with Crippen LogP contribution < -0.4 is 5.32 Å². The van der Waals surface area contributed by atoms with Gasteiger partial charge in [-0.05, 0) is 60.9 Å². The molecular formula is C17H32N2O2. The Balaban J connectivity index is 4.22. The molecular weight excluding hydrogens is 264 g/mol. The summed E-state index contributed by atoms with van der Waals surface area (Å²) in [6.07, 6.45) is 7.88. The van der Waals surface area contributed by atoms with Crippen molar-refractivity contribution in [1.82, 2.24) is 10.2 Å². The molecule has 0 saturated heterocycles. The molecule has 0 aromatic carbocycles. The molecule has 0 fully saturated rings. The molecule has 122 valence electrons. The third-order valence-electron chi connectivity index (χ3n) is 2.86. The number of terminal acetylenes is 1. The van der Waals surface area contributed by atoms with Gasteiger partial charge in [0.15, 0.2) is 0 Å². The summed E-state index contributed by atoms with van der Waals surface area (Å²) in [5, 5.41) is 3.35. The van der Waals surface area contributed by atoms with E-state index < -0.39 is 5.60 Å². The third-order valence-corrected chi connectivity index (χ3v) is 2.86. The Morgan fingerprint density at radius 1 is 1.14 bits per heavy atom. The molecule has 0 bridgehead atoms. The van der Waals surface area contributed by atoms with Crippen LogP contribution in [0.25, 0.3) is 0 Å². The van der Waals surface area contributed by atoms with Crippen molar-refractivity contribution in [3.63, 3.8) is 0 Å². The monoisotopic (exact) mass is 296 g/mol. The first kappa shape index (κ1) is 19.8.